The second kappa shape index (κ2) is 6.02. The fourth-order valence-corrected chi connectivity index (χ4v) is 3.44. The molecule has 0 radical (unpaired) electrons. The Morgan fingerprint density at radius 1 is 1.00 bits per heavy atom. The number of rotatable bonds is 3. The zero-order valence-corrected chi connectivity index (χ0v) is 12.4. The summed E-state index contributed by atoms with van der Waals surface area (Å²) in [7, 11) is 3.40. The minimum Gasteiger partial charge on any atom is -0.493 e. The van der Waals surface area contributed by atoms with Crippen LogP contribution in [0.15, 0.2) is 12.1 Å². The van der Waals surface area contributed by atoms with E-state index < -0.39 is 0 Å². The molecule has 0 bridgehead atoms. The zero-order chi connectivity index (χ0) is 13.9. The molecule has 1 fully saturated rings. The molecule has 2 heterocycles. The van der Waals surface area contributed by atoms with Gasteiger partial charge in [0.05, 0.1) is 14.2 Å². The third kappa shape index (κ3) is 2.50. The molecule has 1 aromatic carbocycles. The highest BCUT2D eigenvalue weighted by Crippen LogP contribution is 2.37. The van der Waals surface area contributed by atoms with Gasteiger partial charge in [0.1, 0.15) is 0 Å². The Bertz CT molecular complexity index is 470. The van der Waals surface area contributed by atoms with Crippen molar-refractivity contribution in [1.29, 1.82) is 0 Å². The summed E-state index contributed by atoms with van der Waals surface area (Å²) in [6.07, 6.45) is 4.91. The standard InChI is InChI=1S/C16H24N2O2/c1-19-14-9-11-6-8-18-16(12(11)10-15(14)20-2)13-5-3-4-7-17-13/h9-10,13,16-18H,3-8H2,1-2H3. The molecule has 20 heavy (non-hydrogen) atoms. The molecule has 110 valence electrons. The first-order valence-corrected chi connectivity index (χ1v) is 7.55. The van der Waals surface area contributed by atoms with Crippen LogP contribution in [0.25, 0.3) is 0 Å². The van der Waals surface area contributed by atoms with Crippen molar-refractivity contribution in [1.82, 2.24) is 10.6 Å². The van der Waals surface area contributed by atoms with E-state index in [-0.39, 0.29) is 0 Å². The summed E-state index contributed by atoms with van der Waals surface area (Å²) >= 11 is 0. The van der Waals surface area contributed by atoms with Crippen LogP contribution in [0.4, 0.5) is 0 Å². The van der Waals surface area contributed by atoms with Crippen molar-refractivity contribution in [2.75, 3.05) is 27.3 Å². The van der Waals surface area contributed by atoms with Crippen LogP contribution in [0.5, 0.6) is 11.5 Å². The Morgan fingerprint density at radius 2 is 1.80 bits per heavy atom. The molecule has 1 aromatic rings. The number of nitrogens with one attached hydrogen (secondary N) is 2. The number of piperidine rings is 1. The van der Waals surface area contributed by atoms with Gasteiger partial charge >= 0.3 is 0 Å². The third-order valence-corrected chi connectivity index (χ3v) is 4.49. The largest absolute Gasteiger partial charge is 0.493 e. The Balaban J connectivity index is 1.94. The van der Waals surface area contributed by atoms with E-state index in [0.717, 1.165) is 31.0 Å². The van der Waals surface area contributed by atoms with Crippen molar-refractivity contribution < 1.29 is 9.47 Å². The predicted octanol–water partition coefficient (Wildman–Crippen LogP) is 2.03. The smallest absolute Gasteiger partial charge is 0.161 e. The fraction of sp³-hybridized carbons (Fsp3) is 0.625. The van der Waals surface area contributed by atoms with E-state index in [1.807, 2.05) is 0 Å². The van der Waals surface area contributed by atoms with Gasteiger partial charge in [-0.25, -0.2) is 0 Å². The fourth-order valence-electron chi connectivity index (χ4n) is 3.44. The van der Waals surface area contributed by atoms with Crippen LogP contribution < -0.4 is 20.1 Å². The molecule has 0 spiro atoms. The summed E-state index contributed by atoms with van der Waals surface area (Å²) in [6, 6.07) is 5.21. The molecule has 0 saturated carbocycles. The molecule has 2 N–H and O–H groups in total. The van der Waals surface area contributed by atoms with Crippen LogP contribution in [-0.4, -0.2) is 33.4 Å². The van der Waals surface area contributed by atoms with Crippen LogP contribution in [0.2, 0.25) is 0 Å². The second-order valence-corrected chi connectivity index (χ2v) is 5.64. The summed E-state index contributed by atoms with van der Waals surface area (Å²) in [4.78, 5) is 0. The van der Waals surface area contributed by atoms with Gasteiger partial charge in [-0.05, 0) is 55.6 Å². The van der Waals surface area contributed by atoms with Gasteiger partial charge in [0.25, 0.3) is 0 Å². The molecule has 1 saturated heterocycles. The first kappa shape index (κ1) is 13.7. The van der Waals surface area contributed by atoms with Crippen LogP contribution in [0.1, 0.15) is 36.4 Å². The molecular formula is C16H24N2O2. The molecule has 2 aliphatic heterocycles. The molecular weight excluding hydrogens is 252 g/mol. The lowest BCUT2D eigenvalue weighted by Crippen LogP contribution is -2.46. The molecule has 0 amide bonds. The molecule has 0 aliphatic carbocycles. The van der Waals surface area contributed by atoms with Crippen LogP contribution in [0.3, 0.4) is 0 Å². The van der Waals surface area contributed by atoms with Gasteiger partial charge < -0.3 is 20.1 Å². The van der Waals surface area contributed by atoms with Gasteiger partial charge in [-0.3, -0.25) is 0 Å². The second-order valence-electron chi connectivity index (χ2n) is 5.64. The molecule has 4 heteroatoms. The van der Waals surface area contributed by atoms with Crippen LogP contribution in [0, 0.1) is 0 Å². The predicted molar refractivity (Wildman–Crippen MR) is 79.6 cm³/mol. The number of benzene rings is 1. The average Bonchev–Trinajstić information content (AvgIpc) is 2.53. The molecule has 2 atom stereocenters. The van der Waals surface area contributed by atoms with Crippen LogP contribution >= 0.6 is 0 Å². The van der Waals surface area contributed by atoms with Crippen molar-refractivity contribution in [3.8, 4) is 11.5 Å². The van der Waals surface area contributed by atoms with Gasteiger partial charge in [0.15, 0.2) is 11.5 Å². The van der Waals surface area contributed by atoms with Crippen molar-refractivity contribution in [3.05, 3.63) is 23.3 Å². The SMILES string of the molecule is COc1cc2c(cc1OC)C(C1CCCCN1)NCC2. The molecule has 0 aromatic heterocycles. The van der Waals surface area contributed by atoms with E-state index in [4.69, 9.17) is 9.47 Å². The normalized spacial score (nSPS) is 25.9. The minimum atomic E-state index is 0.388. The van der Waals surface area contributed by atoms with Gasteiger partial charge in [-0.15, -0.1) is 0 Å². The highest BCUT2D eigenvalue weighted by atomic mass is 16.5. The van der Waals surface area contributed by atoms with E-state index in [1.54, 1.807) is 14.2 Å². The summed E-state index contributed by atoms with van der Waals surface area (Å²) in [5.74, 6) is 1.67. The number of methoxy groups -OCH3 is 2. The van der Waals surface area contributed by atoms with Crippen molar-refractivity contribution in [3.63, 3.8) is 0 Å². The van der Waals surface area contributed by atoms with Gasteiger partial charge in [0.2, 0.25) is 0 Å². The van der Waals surface area contributed by atoms with Crippen molar-refractivity contribution >= 4 is 0 Å². The number of ether oxygens (including phenoxy) is 2. The van der Waals surface area contributed by atoms with E-state index in [1.165, 1.54) is 30.4 Å². The van der Waals surface area contributed by atoms with E-state index in [2.05, 4.69) is 22.8 Å². The molecule has 3 rings (SSSR count). The van der Waals surface area contributed by atoms with E-state index in [0.29, 0.717) is 12.1 Å². The van der Waals surface area contributed by atoms with E-state index in [9.17, 15) is 0 Å². The Hall–Kier alpha value is -1.26. The quantitative estimate of drug-likeness (QED) is 0.886. The lowest BCUT2D eigenvalue weighted by Gasteiger charge is -2.36. The maximum atomic E-state index is 5.46. The molecule has 2 unspecified atom stereocenters. The summed E-state index contributed by atoms with van der Waals surface area (Å²) in [5.41, 5.74) is 2.76. The highest BCUT2D eigenvalue weighted by Gasteiger charge is 2.29. The van der Waals surface area contributed by atoms with Gasteiger partial charge in [-0.2, -0.15) is 0 Å². The summed E-state index contributed by atoms with van der Waals surface area (Å²) in [6.45, 7) is 2.16. The topological polar surface area (TPSA) is 42.5 Å². The summed E-state index contributed by atoms with van der Waals surface area (Å²) in [5, 5.41) is 7.34. The van der Waals surface area contributed by atoms with E-state index >= 15 is 0 Å². The lowest BCUT2D eigenvalue weighted by atomic mass is 9.86. The number of hydrogen-bond acceptors (Lipinski definition) is 4. The van der Waals surface area contributed by atoms with Gasteiger partial charge in [-0.1, -0.05) is 6.42 Å². The van der Waals surface area contributed by atoms with Crippen molar-refractivity contribution in [2.45, 2.75) is 37.8 Å². The first-order valence-electron chi connectivity index (χ1n) is 7.55. The molecule has 4 nitrogen and oxygen atoms in total. The minimum absolute atomic E-state index is 0.388. The maximum absolute atomic E-state index is 5.46. The number of fused-ring (bicyclic) bond motifs is 1. The Kier molecular flexibility index (Phi) is 4.13. The highest BCUT2D eigenvalue weighted by molar-refractivity contribution is 5.49. The summed E-state index contributed by atoms with van der Waals surface area (Å²) < 4.78 is 10.9. The monoisotopic (exact) mass is 276 g/mol. The maximum Gasteiger partial charge on any atom is 0.161 e. The molecule has 2 aliphatic rings. The van der Waals surface area contributed by atoms with Crippen molar-refractivity contribution in [2.24, 2.45) is 0 Å². The average molecular weight is 276 g/mol. The van der Waals surface area contributed by atoms with Crippen LogP contribution in [-0.2, 0) is 6.42 Å². The lowest BCUT2D eigenvalue weighted by molar-refractivity contribution is 0.304. The number of hydrogen-bond donors (Lipinski definition) is 2. The Morgan fingerprint density at radius 3 is 2.50 bits per heavy atom. The zero-order valence-electron chi connectivity index (χ0n) is 12.4. The van der Waals surface area contributed by atoms with Gasteiger partial charge in [0, 0.05) is 12.1 Å². The first-order chi connectivity index (χ1) is 9.83. The Labute approximate surface area is 120 Å². The third-order valence-electron chi connectivity index (χ3n) is 4.49.